The third-order valence-electron chi connectivity index (χ3n) is 4.15. The van der Waals surface area contributed by atoms with Crippen LogP contribution in [0.2, 0.25) is 26.2 Å². The van der Waals surface area contributed by atoms with Crippen LogP contribution in [0.3, 0.4) is 0 Å². The largest absolute Gasteiger partial charge is 0.521 e. The van der Waals surface area contributed by atoms with Gasteiger partial charge in [-0.1, -0.05) is 0 Å². The summed E-state index contributed by atoms with van der Waals surface area (Å²) in [4.78, 5) is 0. The van der Waals surface area contributed by atoms with Crippen LogP contribution in [0, 0.1) is 27.7 Å². The molecule has 0 amide bonds. The molecule has 0 aliphatic heterocycles. The SMILES string of the molecule is Cc1cc(O[Si](C)(C)O[Si](C)(C)Oc2cc(C)c(O)c(C)c2)cc(C)c1O. The second-order valence-corrected chi connectivity index (χ2v) is 14.7. The van der Waals surface area contributed by atoms with Crippen LogP contribution in [0.25, 0.3) is 0 Å². The van der Waals surface area contributed by atoms with Crippen LogP contribution in [0.5, 0.6) is 23.0 Å². The summed E-state index contributed by atoms with van der Waals surface area (Å²) in [6.45, 7) is 15.3. The molecule has 148 valence electrons. The van der Waals surface area contributed by atoms with Gasteiger partial charge in [0, 0.05) is 0 Å². The standard InChI is InChI=1S/C20H30O5Si2/c1-13-9-17(10-14(2)19(13)21)23-26(5,6)25-27(7,8)24-18-11-15(3)20(22)16(4)12-18/h9-12,21-22H,1-8H3. The minimum atomic E-state index is -2.53. The molecular weight excluding hydrogens is 376 g/mol. The Balaban J connectivity index is 2.15. The lowest BCUT2D eigenvalue weighted by molar-refractivity contribution is 0.333. The molecule has 0 spiro atoms. The zero-order chi connectivity index (χ0) is 20.6. The van der Waals surface area contributed by atoms with Gasteiger partial charge in [-0.2, -0.15) is 0 Å². The molecular formula is C20H30O5Si2. The lowest BCUT2D eigenvalue weighted by atomic mass is 10.1. The third-order valence-corrected chi connectivity index (χ3v) is 9.54. The summed E-state index contributed by atoms with van der Waals surface area (Å²) in [6, 6.07) is 7.29. The summed E-state index contributed by atoms with van der Waals surface area (Å²) < 4.78 is 18.7. The van der Waals surface area contributed by atoms with Crippen molar-refractivity contribution in [3.05, 3.63) is 46.5 Å². The average Bonchev–Trinajstić information content (AvgIpc) is 2.47. The Morgan fingerprint density at radius 1 is 0.593 bits per heavy atom. The molecule has 0 saturated heterocycles. The lowest BCUT2D eigenvalue weighted by Crippen LogP contribution is -2.52. The summed E-state index contributed by atoms with van der Waals surface area (Å²) in [5.74, 6) is 1.97. The first-order chi connectivity index (χ1) is 12.3. The van der Waals surface area contributed by atoms with Crippen LogP contribution in [0.15, 0.2) is 24.3 Å². The highest BCUT2D eigenvalue weighted by Gasteiger charge is 2.39. The molecule has 0 aromatic heterocycles. The number of rotatable bonds is 6. The van der Waals surface area contributed by atoms with Gasteiger partial charge in [-0.3, -0.25) is 0 Å². The molecule has 0 aliphatic carbocycles. The predicted molar refractivity (Wildman–Crippen MR) is 112 cm³/mol. The van der Waals surface area contributed by atoms with Gasteiger partial charge in [-0.15, -0.1) is 0 Å². The normalized spacial score (nSPS) is 12.1. The van der Waals surface area contributed by atoms with Crippen molar-refractivity contribution in [1.29, 1.82) is 0 Å². The Kier molecular flexibility index (Phi) is 5.98. The Bertz CT molecular complexity index is 731. The predicted octanol–water partition coefficient (Wildman–Crippen LogP) is 5.21. The number of aryl methyl sites for hydroxylation is 4. The van der Waals surface area contributed by atoms with Crippen molar-refractivity contribution in [2.24, 2.45) is 0 Å². The first-order valence-corrected chi connectivity index (χ1v) is 14.6. The first-order valence-electron chi connectivity index (χ1n) is 8.98. The zero-order valence-corrected chi connectivity index (χ0v) is 19.4. The molecule has 2 aromatic carbocycles. The van der Waals surface area contributed by atoms with E-state index in [1.165, 1.54) is 0 Å². The summed E-state index contributed by atoms with van der Waals surface area (Å²) in [7, 11) is -5.06. The molecule has 0 unspecified atom stereocenters. The van der Waals surface area contributed by atoms with Crippen molar-refractivity contribution in [3.63, 3.8) is 0 Å². The van der Waals surface area contributed by atoms with E-state index in [9.17, 15) is 10.2 Å². The topological polar surface area (TPSA) is 68.2 Å². The Morgan fingerprint density at radius 2 is 0.852 bits per heavy atom. The van der Waals surface area contributed by atoms with Crippen molar-refractivity contribution in [1.82, 2.24) is 0 Å². The van der Waals surface area contributed by atoms with Gasteiger partial charge >= 0.3 is 17.1 Å². The second kappa shape index (κ2) is 7.57. The van der Waals surface area contributed by atoms with Gasteiger partial charge in [-0.25, -0.2) is 0 Å². The van der Waals surface area contributed by atoms with E-state index in [2.05, 4.69) is 0 Å². The highest BCUT2D eigenvalue weighted by Crippen LogP contribution is 2.31. The first kappa shape index (κ1) is 21.3. The fourth-order valence-electron chi connectivity index (χ4n) is 3.15. The van der Waals surface area contributed by atoms with E-state index in [1.54, 1.807) is 0 Å². The van der Waals surface area contributed by atoms with Crippen molar-refractivity contribution in [2.75, 3.05) is 0 Å². The number of phenolic OH excluding ortho intramolecular Hbond substituents is 2. The highest BCUT2D eigenvalue weighted by molar-refractivity contribution is 6.79. The van der Waals surface area contributed by atoms with Gasteiger partial charge < -0.3 is 23.2 Å². The van der Waals surface area contributed by atoms with E-state index in [0.717, 1.165) is 22.3 Å². The Hall–Kier alpha value is -1.97. The van der Waals surface area contributed by atoms with Crippen LogP contribution in [-0.2, 0) is 4.12 Å². The van der Waals surface area contributed by atoms with E-state index >= 15 is 0 Å². The number of benzene rings is 2. The molecule has 2 N–H and O–H groups in total. The number of aromatic hydroxyl groups is 2. The van der Waals surface area contributed by atoms with E-state index in [1.807, 2.05) is 78.1 Å². The highest BCUT2D eigenvalue weighted by atomic mass is 28.5. The number of phenols is 2. The van der Waals surface area contributed by atoms with Crippen LogP contribution in [-0.4, -0.2) is 27.3 Å². The number of hydrogen-bond acceptors (Lipinski definition) is 5. The van der Waals surface area contributed by atoms with E-state index < -0.39 is 17.1 Å². The van der Waals surface area contributed by atoms with E-state index in [-0.39, 0.29) is 0 Å². The monoisotopic (exact) mass is 406 g/mol. The quantitative estimate of drug-likeness (QED) is 0.645. The maximum Gasteiger partial charge on any atom is 0.384 e. The molecule has 0 saturated carbocycles. The molecule has 0 atom stereocenters. The third kappa shape index (κ3) is 5.51. The van der Waals surface area contributed by atoms with Crippen molar-refractivity contribution < 1.29 is 23.2 Å². The fourth-order valence-corrected chi connectivity index (χ4v) is 9.59. The molecule has 5 nitrogen and oxygen atoms in total. The number of hydrogen-bond donors (Lipinski definition) is 2. The van der Waals surface area contributed by atoms with Gasteiger partial charge in [0.1, 0.15) is 23.0 Å². The Morgan fingerprint density at radius 3 is 1.11 bits per heavy atom. The fraction of sp³-hybridized carbons (Fsp3) is 0.400. The maximum atomic E-state index is 9.94. The molecule has 2 aromatic rings. The molecule has 27 heavy (non-hydrogen) atoms. The van der Waals surface area contributed by atoms with Crippen LogP contribution >= 0.6 is 0 Å². The van der Waals surface area contributed by atoms with Crippen LogP contribution < -0.4 is 8.85 Å². The van der Waals surface area contributed by atoms with Crippen molar-refractivity contribution in [3.8, 4) is 23.0 Å². The van der Waals surface area contributed by atoms with Crippen LogP contribution in [0.4, 0.5) is 0 Å². The van der Waals surface area contributed by atoms with Gasteiger partial charge in [0.2, 0.25) is 0 Å². The smallest absolute Gasteiger partial charge is 0.384 e. The van der Waals surface area contributed by atoms with Gasteiger partial charge in [0.15, 0.2) is 0 Å². The molecule has 0 aliphatic rings. The van der Waals surface area contributed by atoms with Gasteiger partial charge in [0.25, 0.3) is 0 Å². The van der Waals surface area contributed by atoms with E-state index in [0.29, 0.717) is 23.0 Å². The summed E-state index contributed by atoms with van der Waals surface area (Å²) in [5, 5.41) is 19.9. The maximum absolute atomic E-state index is 9.94. The lowest BCUT2D eigenvalue weighted by Gasteiger charge is -2.33. The molecule has 2 rings (SSSR count). The zero-order valence-electron chi connectivity index (χ0n) is 17.4. The molecule has 7 heteroatoms. The average molecular weight is 407 g/mol. The molecule has 0 bridgehead atoms. The summed E-state index contributed by atoms with van der Waals surface area (Å²) in [6.07, 6.45) is 0. The molecule has 0 radical (unpaired) electrons. The molecule has 0 fully saturated rings. The Labute approximate surface area is 164 Å². The summed E-state index contributed by atoms with van der Waals surface area (Å²) in [5.41, 5.74) is 3.10. The van der Waals surface area contributed by atoms with Crippen LogP contribution in [0.1, 0.15) is 22.3 Å². The minimum Gasteiger partial charge on any atom is -0.521 e. The van der Waals surface area contributed by atoms with Crippen molar-refractivity contribution >= 4 is 17.1 Å². The molecule has 0 heterocycles. The summed E-state index contributed by atoms with van der Waals surface area (Å²) >= 11 is 0. The van der Waals surface area contributed by atoms with E-state index in [4.69, 9.17) is 13.0 Å². The van der Waals surface area contributed by atoms with Crippen molar-refractivity contribution in [2.45, 2.75) is 53.9 Å². The van der Waals surface area contributed by atoms with Gasteiger partial charge in [-0.05, 0) is 100 Å². The second-order valence-electron chi connectivity index (χ2n) is 7.92. The van der Waals surface area contributed by atoms with Gasteiger partial charge in [0.05, 0.1) is 0 Å². The minimum absolute atomic E-state index is 0.291.